The van der Waals surface area contributed by atoms with Crippen molar-refractivity contribution in [3.8, 4) is 23.0 Å². The van der Waals surface area contributed by atoms with Crippen molar-refractivity contribution in [3.05, 3.63) is 110 Å². The van der Waals surface area contributed by atoms with Crippen LogP contribution in [0.5, 0.6) is 23.0 Å². The second-order valence-electron chi connectivity index (χ2n) is 15.0. The van der Waals surface area contributed by atoms with E-state index in [1.807, 2.05) is 0 Å². The minimum absolute atomic E-state index is 0.0395. The Balaban J connectivity index is 1.34. The zero-order valence-electron chi connectivity index (χ0n) is 32.6. The lowest BCUT2D eigenvalue weighted by Gasteiger charge is -2.51. The molecule has 318 valence electrons. The fourth-order valence-electron chi connectivity index (χ4n) is 9.56. The zero-order valence-corrected chi connectivity index (χ0v) is 34.9. The highest BCUT2D eigenvalue weighted by Crippen LogP contribution is 2.66. The van der Waals surface area contributed by atoms with Crippen LogP contribution in [-0.2, 0) is 30.8 Å². The summed E-state index contributed by atoms with van der Waals surface area (Å²) in [6.45, 7) is 0. The summed E-state index contributed by atoms with van der Waals surface area (Å²) in [6, 6.07) is 15.4. The van der Waals surface area contributed by atoms with E-state index >= 15 is 9.59 Å². The monoisotopic (exact) mass is 899 g/mol. The Morgan fingerprint density at radius 2 is 1.52 bits per heavy atom. The van der Waals surface area contributed by atoms with E-state index in [-0.39, 0.29) is 51.4 Å². The molecule has 1 saturated carbocycles. The van der Waals surface area contributed by atoms with Gasteiger partial charge in [-0.3, -0.25) is 29.6 Å². The quantitative estimate of drug-likeness (QED) is 0.125. The largest absolute Gasteiger partial charge is 0.508 e. The molecule has 0 spiro atoms. The van der Waals surface area contributed by atoms with Crippen molar-refractivity contribution in [2.75, 3.05) is 38.8 Å². The van der Waals surface area contributed by atoms with Gasteiger partial charge in [0.15, 0.2) is 5.82 Å². The summed E-state index contributed by atoms with van der Waals surface area (Å²) in [5, 5.41) is 13.5. The van der Waals surface area contributed by atoms with Crippen molar-refractivity contribution in [1.82, 2.24) is 15.0 Å². The fraction of sp³-hybridized carbons (Fsp3) is 0.310. The molecule has 2 aliphatic heterocycles. The number of allylic oxidation sites excluding steroid dienone is 2. The predicted octanol–water partition coefficient (Wildman–Crippen LogP) is 7.83. The van der Waals surface area contributed by atoms with Crippen LogP contribution in [0.25, 0.3) is 0 Å². The third-order valence-corrected chi connectivity index (χ3v) is 12.9. The minimum Gasteiger partial charge on any atom is -0.508 e. The van der Waals surface area contributed by atoms with Crippen LogP contribution in [0.2, 0.25) is 15.1 Å². The van der Waals surface area contributed by atoms with Crippen LogP contribution in [0.3, 0.4) is 0 Å². The van der Waals surface area contributed by atoms with E-state index in [1.54, 1.807) is 30.3 Å². The molecule has 2 aliphatic carbocycles. The van der Waals surface area contributed by atoms with Crippen molar-refractivity contribution in [2.45, 2.75) is 30.4 Å². The number of aromatic hydroxyl groups is 1. The molecule has 2 N–H and O–H groups in total. The fourth-order valence-corrected chi connectivity index (χ4v) is 10.2. The van der Waals surface area contributed by atoms with Crippen LogP contribution in [0.15, 0.2) is 78.4 Å². The maximum absolute atomic E-state index is 15.7. The summed E-state index contributed by atoms with van der Waals surface area (Å²) < 4.78 is 58.5. The maximum Gasteiger partial charge on any atom is 0.433 e. The van der Waals surface area contributed by atoms with Gasteiger partial charge in [0, 0.05) is 35.7 Å². The number of methoxy groups -OCH3 is 3. The van der Waals surface area contributed by atoms with Crippen LogP contribution in [0.4, 0.5) is 24.7 Å². The number of hydrazine groups is 2. The second-order valence-corrected chi connectivity index (χ2v) is 16.2. The number of rotatable bonds is 9. The van der Waals surface area contributed by atoms with E-state index in [0.29, 0.717) is 28.0 Å². The third kappa shape index (κ3) is 6.49. The molecule has 6 atom stereocenters. The lowest BCUT2D eigenvalue weighted by Crippen LogP contribution is -2.53. The number of carbonyl (C=O) groups is 4. The number of benzene rings is 3. The molecule has 19 heteroatoms. The first-order chi connectivity index (χ1) is 29.0. The molecule has 0 radical (unpaired) electrons. The lowest BCUT2D eigenvalue weighted by molar-refractivity contribution is -0.142. The van der Waals surface area contributed by atoms with Crippen molar-refractivity contribution < 1.29 is 51.7 Å². The molecule has 13 nitrogen and oxygen atoms in total. The summed E-state index contributed by atoms with van der Waals surface area (Å²) in [5.74, 6) is -8.52. The zero-order chi connectivity index (χ0) is 43.9. The Bertz CT molecular complexity index is 2520. The van der Waals surface area contributed by atoms with E-state index in [2.05, 4.69) is 10.4 Å². The number of fused-ring (bicyclic) bond motifs is 4. The third-order valence-electron chi connectivity index (χ3n) is 12.1. The van der Waals surface area contributed by atoms with Gasteiger partial charge in [-0.2, -0.15) is 23.2 Å². The van der Waals surface area contributed by atoms with Crippen molar-refractivity contribution in [3.63, 3.8) is 0 Å². The van der Waals surface area contributed by atoms with Crippen molar-refractivity contribution >= 4 is 69.9 Å². The van der Waals surface area contributed by atoms with Gasteiger partial charge in [-0.05, 0) is 66.8 Å². The molecule has 3 aromatic carbocycles. The van der Waals surface area contributed by atoms with Gasteiger partial charge in [-0.1, -0.05) is 58.6 Å². The number of hydrogen-bond donors (Lipinski definition) is 2. The highest BCUT2D eigenvalue weighted by atomic mass is 35.5. The number of halogens is 6. The Morgan fingerprint density at radius 1 is 0.852 bits per heavy atom. The summed E-state index contributed by atoms with van der Waals surface area (Å²) >= 11 is 19.1. The number of aromatic nitrogens is 1. The molecule has 61 heavy (non-hydrogen) atoms. The Morgan fingerprint density at radius 3 is 2.13 bits per heavy atom. The number of anilines is 2. The van der Waals surface area contributed by atoms with Gasteiger partial charge in [-0.15, -0.1) is 0 Å². The molecule has 8 rings (SSSR count). The molecular formula is C42H35Cl3F3N5O8. The van der Waals surface area contributed by atoms with Gasteiger partial charge in [-0.25, -0.2) is 4.98 Å². The standard InChI is InChI=1S/C42H35Cl3F3N5O8/c1-51(36-27(44)12-14-32(49-36)42(46,47)48)53-37(55)24-11-10-23-25(33(24)39(53)57)18-26-38(56)52(50-29-13-7-20(43)15-28(29)45)40(58)41(26,19-5-8-22(59-2)9-6-19)35(23)34-30(60-3)16-21(54)17-31(34)61-4/h5-10,12-17,24-26,33,35,50,54H,11,18H2,1-4H3/t24-,25+,26-,33-,35+,41+/m0/s1. The van der Waals surface area contributed by atoms with E-state index in [4.69, 9.17) is 49.0 Å². The van der Waals surface area contributed by atoms with E-state index < -0.39 is 76.3 Å². The number of phenolic OH excluding ortho intramolecular Hbond substituents is 1. The van der Waals surface area contributed by atoms with Crippen molar-refractivity contribution in [1.29, 1.82) is 0 Å². The van der Waals surface area contributed by atoms with Gasteiger partial charge < -0.3 is 19.3 Å². The number of phenols is 1. The average Bonchev–Trinajstić information content (AvgIpc) is 3.61. The first-order valence-electron chi connectivity index (χ1n) is 18.7. The molecule has 3 heterocycles. The number of ether oxygens (including phenoxy) is 3. The highest BCUT2D eigenvalue weighted by Gasteiger charge is 2.71. The molecule has 2 saturated heterocycles. The number of hydrogen-bond acceptors (Lipinski definition) is 11. The summed E-state index contributed by atoms with van der Waals surface area (Å²) in [6.07, 6.45) is -3.28. The number of pyridine rings is 1. The maximum atomic E-state index is 15.7. The van der Waals surface area contributed by atoms with Gasteiger partial charge in [0.25, 0.3) is 23.6 Å². The first kappa shape index (κ1) is 42.0. The van der Waals surface area contributed by atoms with Gasteiger partial charge in [0.2, 0.25) is 0 Å². The molecule has 0 unspecified atom stereocenters. The van der Waals surface area contributed by atoms with E-state index in [9.17, 15) is 27.9 Å². The molecule has 3 fully saturated rings. The van der Waals surface area contributed by atoms with Gasteiger partial charge >= 0.3 is 6.18 Å². The lowest BCUT2D eigenvalue weighted by atomic mass is 9.49. The predicted molar refractivity (Wildman–Crippen MR) is 216 cm³/mol. The Kier molecular flexibility index (Phi) is 10.6. The summed E-state index contributed by atoms with van der Waals surface area (Å²) in [5.41, 5.74) is 1.12. The van der Waals surface area contributed by atoms with Crippen LogP contribution in [-0.4, -0.2) is 72.1 Å². The highest BCUT2D eigenvalue weighted by molar-refractivity contribution is 6.36. The SMILES string of the molecule is COc1ccc([C@@]23C(=O)N(Nc4ccc(Cl)cc4Cl)C(=O)[C@@H]2C[C@@H]2C(=CC[C@@H]4C(=O)N(N(C)c5nc(C(F)(F)F)ccc5Cl)C(=O)[C@@H]42)[C@@H]3c2c(OC)cc(O)cc2OC)cc1. The number of alkyl halides is 3. The van der Waals surface area contributed by atoms with Crippen LogP contribution in [0.1, 0.15) is 35.6 Å². The van der Waals surface area contributed by atoms with Crippen molar-refractivity contribution in [2.24, 2.45) is 23.7 Å². The first-order valence-corrected chi connectivity index (χ1v) is 19.9. The smallest absolute Gasteiger partial charge is 0.433 e. The number of carbonyl (C=O) groups excluding carboxylic acids is 4. The number of amides is 4. The molecule has 1 aromatic heterocycles. The molecular weight excluding hydrogens is 866 g/mol. The summed E-state index contributed by atoms with van der Waals surface area (Å²) in [4.78, 5) is 63.6. The topological polar surface area (TPSA) is 151 Å². The molecule has 4 aliphatic rings. The number of nitrogens with one attached hydrogen (secondary N) is 1. The second kappa shape index (κ2) is 15.3. The van der Waals surface area contributed by atoms with E-state index in [1.165, 1.54) is 58.7 Å². The number of imide groups is 2. The average molecular weight is 901 g/mol. The molecule has 0 bridgehead atoms. The Labute approximate surface area is 361 Å². The molecule has 4 aromatic rings. The number of nitrogens with zero attached hydrogens (tertiary/aromatic N) is 4. The van der Waals surface area contributed by atoms with Crippen LogP contribution >= 0.6 is 34.8 Å². The normalized spacial score (nSPS) is 24.6. The minimum atomic E-state index is -4.86. The van der Waals surface area contributed by atoms with Gasteiger partial charge in [0.05, 0.1) is 60.2 Å². The van der Waals surface area contributed by atoms with Crippen LogP contribution < -0.4 is 24.6 Å². The van der Waals surface area contributed by atoms with Gasteiger partial charge in [0.1, 0.15) is 28.7 Å². The molecule has 4 amide bonds. The van der Waals surface area contributed by atoms with Crippen LogP contribution in [0, 0.1) is 23.7 Å². The van der Waals surface area contributed by atoms with E-state index in [0.717, 1.165) is 21.1 Å². The summed E-state index contributed by atoms with van der Waals surface area (Å²) in [7, 11) is 5.41. The Hall–Kier alpha value is -5.71.